The summed E-state index contributed by atoms with van der Waals surface area (Å²) in [5, 5.41) is 4.02. The number of nitrogens with one attached hydrogen (secondary N) is 1. The first kappa shape index (κ1) is 20.0. The van der Waals surface area contributed by atoms with Crippen molar-refractivity contribution >= 4 is 11.6 Å². The molecule has 1 saturated heterocycles. The van der Waals surface area contributed by atoms with Gasteiger partial charge in [0.25, 0.3) is 0 Å². The lowest BCUT2D eigenvalue weighted by atomic mass is 10.1. The van der Waals surface area contributed by atoms with E-state index in [-0.39, 0.29) is 0 Å². The molecule has 27 heavy (non-hydrogen) atoms. The highest BCUT2D eigenvalue weighted by Gasteiger charge is 2.16. The molecule has 1 fully saturated rings. The van der Waals surface area contributed by atoms with Crippen LogP contribution >= 0.6 is 11.6 Å². The van der Waals surface area contributed by atoms with Crippen molar-refractivity contribution < 1.29 is 14.2 Å². The molecule has 1 atom stereocenters. The number of ether oxygens (including phenoxy) is 3. The fourth-order valence-corrected chi connectivity index (χ4v) is 3.55. The summed E-state index contributed by atoms with van der Waals surface area (Å²) < 4.78 is 17.4. The van der Waals surface area contributed by atoms with Gasteiger partial charge in [-0.3, -0.25) is 0 Å². The third-order valence-corrected chi connectivity index (χ3v) is 4.84. The molecule has 0 spiro atoms. The molecule has 2 aromatic carbocycles. The molecule has 0 bridgehead atoms. The smallest absolute Gasteiger partial charge is 0.180 e. The maximum absolute atomic E-state index is 6.52. The maximum atomic E-state index is 6.52. The van der Waals surface area contributed by atoms with E-state index in [1.165, 1.54) is 5.56 Å². The van der Waals surface area contributed by atoms with Crippen molar-refractivity contribution in [2.45, 2.75) is 45.9 Å². The van der Waals surface area contributed by atoms with E-state index in [0.29, 0.717) is 35.8 Å². The topological polar surface area (TPSA) is 39.7 Å². The number of rotatable bonds is 9. The lowest BCUT2D eigenvalue weighted by Crippen LogP contribution is -2.25. The van der Waals surface area contributed by atoms with Crippen LogP contribution in [0.15, 0.2) is 36.4 Å². The fourth-order valence-electron chi connectivity index (χ4n) is 3.27. The molecule has 4 nitrogen and oxygen atoms in total. The Morgan fingerprint density at radius 1 is 1.19 bits per heavy atom. The van der Waals surface area contributed by atoms with Gasteiger partial charge in [-0.2, -0.15) is 0 Å². The fraction of sp³-hybridized carbons (Fsp3) is 0.455. The van der Waals surface area contributed by atoms with Gasteiger partial charge in [-0.15, -0.1) is 0 Å². The molecule has 1 heterocycles. The standard InChI is InChI=1S/C22H28ClNO3/c1-3-25-21-12-18(13-24-14-19-8-5-9-26-19)11-20(23)22(21)27-15-17-7-4-6-16(2)10-17/h4,6-7,10-12,19,24H,3,5,8-9,13-15H2,1-2H3/t19-/m1/s1. The average Bonchev–Trinajstić information content (AvgIpc) is 3.15. The molecular formula is C22H28ClNO3. The monoisotopic (exact) mass is 389 g/mol. The summed E-state index contributed by atoms with van der Waals surface area (Å²) in [4.78, 5) is 0. The SMILES string of the molecule is CCOc1cc(CNC[C@H]2CCCO2)cc(Cl)c1OCc1cccc(C)c1. The third kappa shape index (κ3) is 5.86. The van der Waals surface area contributed by atoms with Gasteiger partial charge in [0, 0.05) is 19.7 Å². The van der Waals surface area contributed by atoms with E-state index in [2.05, 4.69) is 24.4 Å². The molecule has 0 aliphatic carbocycles. The molecule has 5 heteroatoms. The lowest BCUT2D eigenvalue weighted by molar-refractivity contribution is 0.110. The Balaban J connectivity index is 1.65. The minimum Gasteiger partial charge on any atom is -0.490 e. The molecule has 0 unspecified atom stereocenters. The second-order valence-corrected chi connectivity index (χ2v) is 7.29. The van der Waals surface area contributed by atoms with Crippen molar-refractivity contribution in [2.75, 3.05) is 19.8 Å². The average molecular weight is 390 g/mol. The zero-order valence-corrected chi connectivity index (χ0v) is 16.8. The van der Waals surface area contributed by atoms with Gasteiger partial charge in [0.15, 0.2) is 11.5 Å². The van der Waals surface area contributed by atoms with Crippen LogP contribution in [0.2, 0.25) is 5.02 Å². The summed E-state index contributed by atoms with van der Waals surface area (Å²) in [6, 6.07) is 12.2. The Hall–Kier alpha value is -1.75. The molecule has 2 aromatic rings. The Labute approximate surface area is 166 Å². The number of benzene rings is 2. The quantitative estimate of drug-likeness (QED) is 0.662. The summed E-state index contributed by atoms with van der Waals surface area (Å²) >= 11 is 6.52. The number of hydrogen-bond acceptors (Lipinski definition) is 4. The van der Waals surface area contributed by atoms with Gasteiger partial charge >= 0.3 is 0 Å². The van der Waals surface area contributed by atoms with Crippen molar-refractivity contribution in [2.24, 2.45) is 0 Å². The Kier molecular flexibility index (Phi) is 7.39. The third-order valence-electron chi connectivity index (χ3n) is 4.56. The van der Waals surface area contributed by atoms with Crippen LogP contribution in [-0.2, 0) is 17.9 Å². The summed E-state index contributed by atoms with van der Waals surface area (Å²) in [6.07, 6.45) is 2.60. The molecule has 0 radical (unpaired) electrons. The largest absolute Gasteiger partial charge is 0.490 e. The van der Waals surface area contributed by atoms with Crippen LogP contribution in [-0.4, -0.2) is 25.9 Å². The van der Waals surface area contributed by atoms with E-state index in [4.69, 9.17) is 25.8 Å². The first-order valence-electron chi connectivity index (χ1n) is 9.61. The van der Waals surface area contributed by atoms with Crippen LogP contribution in [0.3, 0.4) is 0 Å². The van der Waals surface area contributed by atoms with Gasteiger partial charge in [-0.05, 0) is 49.9 Å². The van der Waals surface area contributed by atoms with Crippen LogP contribution in [0.1, 0.15) is 36.5 Å². The summed E-state index contributed by atoms with van der Waals surface area (Å²) in [5.74, 6) is 1.29. The predicted octanol–water partition coefficient (Wildman–Crippen LogP) is 4.89. The first-order valence-corrected chi connectivity index (χ1v) is 9.99. The molecule has 0 saturated carbocycles. The minimum absolute atomic E-state index is 0.323. The van der Waals surface area contributed by atoms with Gasteiger partial charge in [0.2, 0.25) is 0 Å². The van der Waals surface area contributed by atoms with Crippen molar-refractivity contribution in [3.63, 3.8) is 0 Å². The van der Waals surface area contributed by atoms with Crippen LogP contribution < -0.4 is 14.8 Å². The van der Waals surface area contributed by atoms with Crippen LogP contribution in [0.4, 0.5) is 0 Å². The predicted molar refractivity (Wildman–Crippen MR) is 109 cm³/mol. The van der Waals surface area contributed by atoms with E-state index < -0.39 is 0 Å². The van der Waals surface area contributed by atoms with Crippen molar-refractivity contribution in [1.82, 2.24) is 5.32 Å². The second-order valence-electron chi connectivity index (χ2n) is 6.88. The molecule has 1 aliphatic heterocycles. The van der Waals surface area contributed by atoms with Crippen molar-refractivity contribution in [1.29, 1.82) is 0 Å². The maximum Gasteiger partial charge on any atom is 0.180 e. The molecule has 3 rings (SSSR count). The molecule has 1 aliphatic rings. The van der Waals surface area contributed by atoms with E-state index in [1.54, 1.807) is 0 Å². The van der Waals surface area contributed by atoms with E-state index >= 15 is 0 Å². The summed E-state index contributed by atoms with van der Waals surface area (Å²) in [7, 11) is 0. The zero-order chi connectivity index (χ0) is 19.1. The number of aryl methyl sites for hydroxylation is 1. The molecule has 1 N–H and O–H groups in total. The van der Waals surface area contributed by atoms with Crippen LogP contribution in [0.5, 0.6) is 11.5 Å². The molecular weight excluding hydrogens is 362 g/mol. The van der Waals surface area contributed by atoms with Gasteiger partial charge in [-0.1, -0.05) is 41.4 Å². The number of hydrogen-bond donors (Lipinski definition) is 1. The molecule has 0 amide bonds. The minimum atomic E-state index is 0.323. The summed E-state index contributed by atoms with van der Waals surface area (Å²) in [6.45, 7) is 7.49. The molecule has 146 valence electrons. The van der Waals surface area contributed by atoms with E-state index in [0.717, 1.165) is 43.7 Å². The number of halogens is 1. The first-order chi connectivity index (χ1) is 13.2. The summed E-state index contributed by atoms with van der Waals surface area (Å²) in [5.41, 5.74) is 3.39. The van der Waals surface area contributed by atoms with Gasteiger partial charge in [0.05, 0.1) is 17.7 Å². The highest BCUT2D eigenvalue weighted by Crippen LogP contribution is 2.37. The molecule has 0 aromatic heterocycles. The van der Waals surface area contributed by atoms with E-state index in [1.807, 2.05) is 31.2 Å². The highest BCUT2D eigenvalue weighted by atomic mass is 35.5. The Morgan fingerprint density at radius 3 is 2.81 bits per heavy atom. The highest BCUT2D eigenvalue weighted by molar-refractivity contribution is 6.32. The van der Waals surface area contributed by atoms with Crippen molar-refractivity contribution in [3.8, 4) is 11.5 Å². The van der Waals surface area contributed by atoms with Crippen molar-refractivity contribution in [3.05, 3.63) is 58.1 Å². The second kappa shape index (κ2) is 9.98. The Bertz CT molecular complexity index is 744. The Morgan fingerprint density at radius 2 is 2.07 bits per heavy atom. The van der Waals surface area contributed by atoms with Gasteiger partial charge < -0.3 is 19.5 Å². The normalized spacial score (nSPS) is 16.5. The van der Waals surface area contributed by atoms with E-state index in [9.17, 15) is 0 Å². The lowest BCUT2D eigenvalue weighted by Gasteiger charge is -2.16. The van der Waals surface area contributed by atoms with Gasteiger partial charge in [-0.25, -0.2) is 0 Å². The zero-order valence-electron chi connectivity index (χ0n) is 16.1. The van der Waals surface area contributed by atoms with Crippen LogP contribution in [0.25, 0.3) is 0 Å². The van der Waals surface area contributed by atoms with Crippen LogP contribution in [0, 0.1) is 6.92 Å². The van der Waals surface area contributed by atoms with Gasteiger partial charge in [0.1, 0.15) is 6.61 Å².